The second kappa shape index (κ2) is 12.1. The maximum atomic E-state index is 4.95. The fraction of sp³-hybridized carbons (Fsp3) is 0.0213. The van der Waals surface area contributed by atoms with Crippen LogP contribution in [0.5, 0.6) is 0 Å². The van der Waals surface area contributed by atoms with Gasteiger partial charge in [0.2, 0.25) is 0 Å². The average molecular weight is 668 g/mol. The van der Waals surface area contributed by atoms with Crippen LogP contribution in [0.1, 0.15) is 5.56 Å². The van der Waals surface area contributed by atoms with Crippen LogP contribution in [0.3, 0.4) is 0 Å². The number of benzene rings is 6. The van der Waals surface area contributed by atoms with Crippen molar-refractivity contribution in [3.8, 4) is 22.8 Å². The predicted octanol–water partition coefficient (Wildman–Crippen LogP) is 12.1. The van der Waals surface area contributed by atoms with Gasteiger partial charge < -0.3 is 9.47 Å². The van der Waals surface area contributed by atoms with Crippen molar-refractivity contribution in [1.82, 2.24) is 19.1 Å². The fourth-order valence-corrected chi connectivity index (χ4v) is 7.80. The van der Waals surface area contributed by atoms with Crippen molar-refractivity contribution >= 4 is 60.7 Å². The summed E-state index contributed by atoms with van der Waals surface area (Å²) < 4.78 is 4.72. The Labute approximate surface area is 301 Å². The molecule has 5 heteroatoms. The van der Waals surface area contributed by atoms with E-state index in [1.807, 2.05) is 24.5 Å². The minimum absolute atomic E-state index is 0.895. The summed E-state index contributed by atoms with van der Waals surface area (Å²) in [5, 5.41) is 4.86. The van der Waals surface area contributed by atoms with Crippen molar-refractivity contribution in [1.29, 1.82) is 0 Å². The third-order valence-electron chi connectivity index (χ3n) is 10.0. The van der Waals surface area contributed by atoms with E-state index in [1.165, 1.54) is 32.6 Å². The molecule has 0 N–H and O–H groups in total. The number of fused-ring (bicyclic) bond motifs is 7. The van der Waals surface area contributed by atoms with Crippen LogP contribution >= 0.6 is 0 Å². The van der Waals surface area contributed by atoms with Gasteiger partial charge in [-0.1, -0.05) is 78.9 Å². The Morgan fingerprint density at radius 1 is 0.442 bits per heavy atom. The van der Waals surface area contributed by atoms with Gasteiger partial charge in [-0.3, -0.25) is 9.55 Å². The van der Waals surface area contributed by atoms with Gasteiger partial charge in [0.15, 0.2) is 0 Å². The maximum absolute atomic E-state index is 4.95. The van der Waals surface area contributed by atoms with Crippen molar-refractivity contribution < 1.29 is 0 Å². The lowest BCUT2D eigenvalue weighted by atomic mass is 10.0. The maximum Gasteiger partial charge on any atom is 0.137 e. The Kier molecular flexibility index (Phi) is 6.96. The van der Waals surface area contributed by atoms with Gasteiger partial charge >= 0.3 is 0 Å². The van der Waals surface area contributed by atoms with Crippen molar-refractivity contribution in [3.63, 3.8) is 0 Å². The van der Waals surface area contributed by atoms with Gasteiger partial charge in [-0.25, -0.2) is 4.98 Å². The van der Waals surface area contributed by atoms with Crippen LogP contribution in [0.2, 0.25) is 0 Å². The summed E-state index contributed by atoms with van der Waals surface area (Å²) in [6.07, 6.45) is 3.75. The van der Waals surface area contributed by atoms with Gasteiger partial charge in [-0.05, 0) is 103 Å². The Morgan fingerprint density at radius 2 is 1.13 bits per heavy atom. The largest absolute Gasteiger partial charge is 0.310 e. The van der Waals surface area contributed by atoms with Crippen molar-refractivity contribution in [2.75, 3.05) is 4.90 Å². The molecule has 10 rings (SSSR count). The number of hydrogen-bond acceptors (Lipinski definition) is 3. The first-order chi connectivity index (χ1) is 25.7. The van der Waals surface area contributed by atoms with E-state index in [2.05, 4.69) is 184 Å². The molecule has 0 aliphatic heterocycles. The Bertz CT molecular complexity index is 2910. The Hall–Kier alpha value is -6.98. The third kappa shape index (κ3) is 4.78. The van der Waals surface area contributed by atoms with Gasteiger partial charge in [0, 0.05) is 62.3 Å². The highest BCUT2D eigenvalue weighted by Gasteiger charge is 2.22. The number of hydrogen-bond donors (Lipinski definition) is 0. The summed E-state index contributed by atoms with van der Waals surface area (Å²) in [5.74, 6) is 0.895. The average Bonchev–Trinajstić information content (AvgIpc) is 3.72. The van der Waals surface area contributed by atoms with E-state index in [9.17, 15) is 0 Å². The first kappa shape index (κ1) is 29.9. The molecule has 0 spiro atoms. The summed E-state index contributed by atoms with van der Waals surface area (Å²) >= 11 is 0. The van der Waals surface area contributed by atoms with E-state index in [4.69, 9.17) is 4.98 Å². The molecule has 4 aromatic heterocycles. The van der Waals surface area contributed by atoms with Crippen LogP contribution in [-0.4, -0.2) is 19.1 Å². The van der Waals surface area contributed by atoms with E-state index >= 15 is 0 Å². The lowest BCUT2D eigenvalue weighted by molar-refractivity contribution is 1.07. The minimum atomic E-state index is 0.895. The predicted molar refractivity (Wildman–Crippen MR) is 216 cm³/mol. The summed E-state index contributed by atoms with van der Waals surface area (Å²) in [6.45, 7) is 2.13. The number of anilines is 3. The third-order valence-corrected chi connectivity index (χ3v) is 10.0. The number of aromatic nitrogens is 4. The summed E-state index contributed by atoms with van der Waals surface area (Å²) in [5.41, 5.74) is 12.1. The number of aryl methyl sites for hydroxylation is 1. The number of para-hydroxylation sites is 3. The molecule has 5 nitrogen and oxygen atoms in total. The Morgan fingerprint density at radius 3 is 1.92 bits per heavy atom. The molecule has 0 atom stereocenters. The Balaban J connectivity index is 1.29. The highest BCUT2D eigenvalue weighted by molar-refractivity contribution is 6.29. The molecule has 0 bridgehead atoms. The van der Waals surface area contributed by atoms with E-state index in [1.54, 1.807) is 0 Å². The lowest BCUT2D eigenvalue weighted by Gasteiger charge is -2.26. The van der Waals surface area contributed by atoms with Crippen LogP contribution in [0, 0.1) is 6.92 Å². The van der Waals surface area contributed by atoms with Crippen molar-refractivity contribution in [2.24, 2.45) is 0 Å². The molecule has 0 radical (unpaired) electrons. The summed E-state index contributed by atoms with van der Waals surface area (Å²) in [4.78, 5) is 11.9. The fourth-order valence-electron chi connectivity index (χ4n) is 7.80. The lowest BCUT2D eigenvalue weighted by Crippen LogP contribution is -2.10. The second-order valence-corrected chi connectivity index (χ2v) is 13.2. The van der Waals surface area contributed by atoms with Crippen LogP contribution in [0.25, 0.3) is 66.4 Å². The van der Waals surface area contributed by atoms with Gasteiger partial charge in [0.25, 0.3) is 0 Å². The van der Waals surface area contributed by atoms with Crippen molar-refractivity contribution in [2.45, 2.75) is 6.92 Å². The molecule has 246 valence electrons. The van der Waals surface area contributed by atoms with Gasteiger partial charge in [-0.15, -0.1) is 0 Å². The quantitative estimate of drug-likeness (QED) is 0.177. The second-order valence-electron chi connectivity index (χ2n) is 13.2. The first-order valence-corrected chi connectivity index (χ1v) is 17.6. The van der Waals surface area contributed by atoms with E-state index in [0.29, 0.717) is 0 Å². The van der Waals surface area contributed by atoms with Crippen LogP contribution in [0.15, 0.2) is 182 Å². The highest BCUT2D eigenvalue weighted by atomic mass is 15.1. The zero-order valence-corrected chi connectivity index (χ0v) is 28.6. The van der Waals surface area contributed by atoms with Gasteiger partial charge in [0.1, 0.15) is 5.82 Å². The topological polar surface area (TPSA) is 38.9 Å². The summed E-state index contributed by atoms with van der Waals surface area (Å²) in [7, 11) is 0. The number of nitrogens with zero attached hydrogens (tertiary/aromatic N) is 5. The number of pyridine rings is 2. The molecule has 0 unspecified atom stereocenters. The molecule has 0 saturated carbocycles. The van der Waals surface area contributed by atoms with E-state index in [-0.39, 0.29) is 0 Å². The molecular formula is C47H33N5. The molecule has 0 amide bonds. The minimum Gasteiger partial charge on any atom is -0.310 e. The molecule has 0 aliphatic carbocycles. The molecule has 10 aromatic rings. The van der Waals surface area contributed by atoms with Gasteiger partial charge in [-0.2, -0.15) is 0 Å². The van der Waals surface area contributed by atoms with Crippen molar-refractivity contribution in [3.05, 3.63) is 188 Å². The molecule has 0 aliphatic rings. The molecule has 0 fully saturated rings. The molecule has 0 saturated heterocycles. The van der Waals surface area contributed by atoms with Crippen LogP contribution in [-0.2, 0) is 0 Å². The van der Waals surface area contributed by atoms with Crippen LogP contribution in [0.4, 0.5) is 17.1 Å². The number of rotatable bonds is 6. The van der Waals surface area contributed by atoms with E-state index in [0.717, 1.165) is 56.4 Å². The summed E-state index contributed by atoms with van der Waals surface area (Å²) in [6, 6.07) is 60.3. The smallest absolute Gasteiger partial charge is 0.137 e. The van der Waals surface area contributed by atoms with Crippen LogP contribution < -0.4 is 4.90 Å². The van der Waals surface area contributed by atoms with Gasteiger partial charge in [0.05, 0.1) is 27.8 Å². The zero-order valence-electron chi connectivity index (χ0n) is 28.6. The molecule has 52 heavy (non-hydrogen) atoms. The molecule has 6 aromatic carbocycles. The SMILES string of the molecule is Cc1ccnc(-n2c3cc(N(c4ccccc4)c4cccc(-c5ccccn5)c4)ccc3c3c4c5ccccc5n(-c5ccccc5)c4ccc32)c1. The standard InChI is InChI=1S/C47H33N5/c1-32-26-28-49-45(29-32)52-43-25-24-42-46(38-19-8-9-21-41(38)51(42)35-16-6-3-7-17-35)47(43)39-23-22-37(31-44(39)52)50(34-14-4-2-5-15-34)36-18-12-13-33(30-36)40-20-10-11-27-48-40/h2-31H,1H3. The normalized spacial score (nSPS) is 11.6. The highest BCUT2D eigenvalue weighted by Crippen LogP contribution is 2.44. The molecule has 4 heterocycles. The zero-order chi connectivity index (χ0) is 34.6. The van der Waals surface area contributed by atoms with E-state index < -0.39 is 0 Å². The monoisotopic (exact) mass is 667 g/mol. The molecular weight excluding hydrogens is 635 g/mol. The first-order valence-electron chi connectivity index (χ1n) is 17.6.